The lowest BCUT2D eigenvalue weighted by atomic mass is 10.3. The molecule has 6 heteroatoms. The smallest absolute Gasteiger partial charge is 0.249 e. The minimum Gasteiger partial charge on any atom is -0.289 e. The average Bonchev–Trinajstić information content (AvgIpc) is 2.64. The molecule has 0 saturated carbocycles. The third-order valence-electron chi connectivity index (χ3n) is 4.19. The van der Waals surface area contributed by atoms with Gasteiger partial charge in [0.15, 0.2) is 0 Å². The lowest BCUT2D eigenvalue weighted by Crippen LogP contribution is -2.42. The fourth-order valence-electron chi connectivity index (χ4n) is 3.16. The van der Waals surface area contributed by atoms with Crippen LogP contribution in [0, 0.1) is 0 Å². The molecule has 1 aromatic carbocycles. The summed E-state index contributed by atoms with van der Waals surface area (Å²) in [5.41, 5.74) is 3.55. The van der Waals surface area contributed by atoms with Gasteiger partial charge in [-0.05, 0) is 12.1 Å². The summed E-state index contributed by atoms with van der Waals surface area (Å²) >= 11 is 0. The van der Waals surface area contributed by atoms with E-state index in [4.69, 9.17) is 0 Å². The molecule has 2 atom stereocenters. The summed E-state index contributed by atoms with van der Waals surface area (Å²) in [7, 11) is -3.56. The van der Waals surface area contributed by atoms with E-state index in [-0.39, 0.29) is 22.9 Å². The maximum absolute atomic E-state index is 12.9. The molecule has 120 valence electrons. The van der Waals surface area contributed by atoms with E-state index in [0.29, 0.717) is 0 Å². The van der Waals surface area contributed by atoms with E-state index >= 15 is 0 Å². The number of carbonyl (C=O) groups is 2. The second-order valence-corrected chi connectivity index (χ2v) is 18.9. The molecule has 0 radical (unpaired) electrons. The Morgan fingerprint density at radius 2 is 1.23 bits per heavy atom. The van der Waals surface area contributed by atoms with Gasteiger partial charge in [-0.15, -0.1) is 0 Å². The van der Waals surface area contributed by atoms with Gasteiger partial charge in [-0.25, -0.2) is 0 Å². The molecule has 2 rings (SSSR count). The normalized spacial score (nSPS) is 23.1. The Bertz CT molecular complexity index is 544. The molecule has 0 spiro atoms. The van der Waals surface area contributed by atoms with Gasteiger partial charge in [0.2, 0.25) is 11.8 Å². The van der Waals surface area contributed by atoms with Crippen molar-refractivity contribution in [3.8, 4) is 0 Å². The lowest BCUT2D eigenvalue weighted by Gasteiger charge is -2.33. The van der Waals surface area contributed by atoms with Crippen LogP contribution in [0.2, 0.25) is 50.4 Å². The third kappa shape index (κ3) is 3.17. The molecule has 1 aliphatic heterocycles. The zero-order valence-electron chi connectivity index (χ0n) is 14.3. The van der Waals surface area contributed by atoms with Gasteiger partial charge in [0, 0.05) is 11.1 Å². The number of anilines is 1. The number of nitrogens with zero attached hydrogens (tertiary/aromatic N) is 1. The number of carbonyl (C=O) groups excluding carboxylic acids is 2. The molecule has 1 saturated heterocycles. The van der Waals surface area contributed by atoms with E-state index in [1.54, 1.807) is 0 Å². The Morgan fingerprint density at radius 1 is 0.818 bits per heavy atom. The first-order valence-electron chi connectivity index (χ1n) is 7.73. The highest BCUT2D eigenvalue weighted by molar-refractivity contribution is 6.88. The van der Waals surface area contributed by atoms with Crippen molar-refractivity contribution in [2.75, 3.05) is 5.43 Å². The van der Waals surface area contributed by atoms with Crippen molar-refractivity contribution in [3.05, 3.63) is 30.3 Å². The van der Waals surface area contributed by atoms with Crippen LogP contribution in [0.4, 0.5) is 5.69 Å². The Hall–Kier alpha value is -1.41. The number of hydrazine groups is 1. The van der Waals surface area contributed by atoms with E-state index in [2.05, 4.69) is 44.7 Å². The van der Waals surface area contributed by atoms with Gasteiger partial charge in [0.05, 0.1) is 21.8 Å². The highest BCUT2D eigenvalue weighted by atomic mass is 28.3. The van der Waals surface area contributed by atoms with Crippen LogP contribution in [0.5, 0.6) is 0 Å². The van der Waals surface area contributed by atoms with E-state index in [9.17, 15) is 9.59 Å². The molecular formula is C16H26N2O2Si2. The summed E-state index contributed by atoms with van der Waals surface area (Å²) in [4.78, 5) is 25.8. The maximum Gasteiger partial charge on any atom is 0.249 e. The first-order chi connectivity index (χ1) is 10.0. The van der Waals surface area contributed by atoms with E-state index < -0.39 is 16.1 Å². The van der Waals surface area contributed by atoms with Gasteiger partial charge >= 0.3 is 0 Å². The zero-order valence-corrected chi connectivity index (χ0v) is 16.3. The van der Waals surface area contributed by atoms with Gasteiger partial charge in [-0.1, -0.05) is 57.5 Å². The second-order valence-electron chi connectivity index (χ2n) is 8.18. The van der Waals surface area contributed by atoms with Crippen LogP contribution in [0.1, 0.15) is 0 Å². The molecule has 0 bridgehead atoms. The lowest BCUT2D eigenvalue weighted by molar-refractivity contribution is -0.136. The molecule has 2 amide bonds. The largest absolute Gasteiger partial charge is 0.289 e. The molecular weight excluding hydrogens is 308 g/mol. The molecule has 1 N–H and O–H groups in total. The highest BCUT2D eigenvalue weighted by Crippen LogP contribution is 2.48. The number of hydrogen-bond donors (Lipinski definition) is 1. The van der Waals surface area contributed by atoms with Crippen molar-refractivity contribution in [1.29, 1.82) is 0 Å². The molecule has 2 unspecified atom stereocenters. The van der Waals surface area contributed by atoms with Gasteiger partial charge in [-0.3, -0.25) is 15.0 Å². The van der Waals surface area contributed by atoms with Gasteiger partial charge in [0.1, 0.15) is 0 Å². The van der Waals surface area contributed by atoms with Crippen LogP contribution in [-0.4, -0.2) is 33.0 Å². The van der Waals surface area contributed by atoms with Crippen LogP contribution in [0.3, 0.4) is 0 Å². The topological polar surface area (TPSA) is 49.4 Å². The molecule has 1 fully saturated rings. The summed E-state index contributed by atoms with van der Waals surface area (Å²) in [5, 5.41) is 1.28. The minimum atomic E-state index is -1.78. The van der Waals surface area contributed by atoms with Crippen molar-refractivity contribution in [2.45, 2.75) is 50.4 Å². The first-order valence-corrected chi connectivity index (χ1v) is 14.9. The first kappa shape index (κ1) is 17.0. The quantitative estimate of drug-likeness (QED) is 0.673. The van der Waals surface area contributed by atoms with Crippen molar-refractivity contribution >= 4 is 33.6 Å². The highest BCUT2D eigenvalue weighted by Gasteiger charge is 2.57. The van der Waals surface area contributed by atoms with Crippen molar-refractivity contribution in [3.63, 3.8) is 0 Å². The average molecular weight is 335 g/mol. The van der Waals surface area contributed by atoms with E-state index in [0.717, 1.165) is 5.69 Å². The SMILES string of the molecule is C[Si](C)(C)C1C(=O)N(Nc2ccccc2)C(=O)C1[Si](C)(C)C. The second kappa shape index (κ2) is 5.66. The summed E-state index contributed by atoms with van der Waals surface area (Å²) in [6.45, 7) is 13.1. The molecule has 0 aromatic heterocycles. The van der Waals surface area contributed by atoms with Crippen LogP contribution in [-0.2, 0) is 9.59 Å². The molecule has 1 aliphatic rings. The monoisotopic (exact) mass is 334 g/mol. The summed E-state index contributed by atoms with van der Waals surface area (Å²) in [6, 6.07) is 9.42. The van der Waals surface area contributed by atoms with Crippen molar-refractivity contribution < 1.29 is 9.59 Å². The fourth-order valence-corrected chi connectivity index (χ4v) is 10.2. The maximum atomic E-state index is 12.9. The van der Waals surface area contributed by atoms with Gasteiger partial charge in [0.25, 0.3) is 0 Å². The van der Waals surface area contributed by atoms with Crippen molar-refractivity contribution in [1.82, 2.24) is 5.01 Å². The third-order valence-corrected chi connectivity index (χ3v) is 9.41. The Kier molecular flexibility index (Phi) is 4.36. The number of para-hydroxylation sites is 1. The van der Waals surface area contributed by atoms with Gasteiger partial charge < -0.3 is 0 Å². The number of hydrogen-bond acceptors (Lipinski definition) is 3. The fraction of sp³-hybridized carbons (Fsp3) is 0.500. The summed E-state index contributed by atoms with van der Waals surface area (Å²) in [6.07, 6.45) is 0. The van der Waals surface area contributed by atoms with Crippen LogP contribution < -0.4 is 5.43 Å². The van der Waals surface area contributed by atoms with Crippen molar-refractivity contribution in [2.24, 2.45) is 0 Å². The molecule has 1 aromatic rings. The Labute approximate surface area is 134 Å². The van der Waals surface area contributed by atoms with E-state index in [1.807, 2.05) is 30.3 Å². The number of rotatable bonds is 4. The predicted octanol–water partition coefficient (Wildman–Crippen LogP) is 3.80. The zero-order chi connectivity index (χ0) is 16.7. The van der Waals surface area contributed by atoms with Crippen LogP contribution >= 0.6 is 0 Å². The summed E-state index contributed by atoms with van der Waals surface area (Å²) < 4.78 is 0. The van der Waals surface area contributed by atoms with E-state index in [1.165, 1.54) is 5.01 Å². The number of amides is 2. The molecule has 4 nitrogen and oxygen atoms in total. The molecule has 22 heavy (non-hydrogen) atoms. The minimum absolute atomic E-state index is 0.0413. The Balaban J connectivity index is 2.38. The standard InChI is InChI=1S/C16H26N2O2Si2/c1-21(2,3)13-14(22(4,5)6)16(20)18(15(13)19)17-12-10-8-7-9-11-12/h7-11,13-14,17H,1-6H3. The number of imide groups is 1. The predicted molar refractivity (Wildman–Crippen MR) is 96.1 cm³/mol. The summed E-state index contributed by atoms with van der Waals surface area (Å²) in [5.74, 6) is -0.0825. The number of benzene rings is 1. The Morgan fingerprint density at radius 3 is 1.59 bits per heavy atom. The molecule has 0 aliphatic carbocycles. The number of nitrogens with one attached hydrogen (secondary N) is 1. The van der Waals surface area contributed by atoms with Crippen LogP contribution in [0.25, 0.3) is 0 Å². The van der Waals surface area contributed by atoms with Crippen LogP contribution in [0.15, 0.2) is 30.3 Å². The molecule has 1 heterocycles. The van der Waals surface area contributed by atoms with Gasteiger partial charge in [-0.2, -0.15) is 5.01 Å².